The second-order valence-corrected chi connectivity index (χ2v) is 3.91. The molecule has 1 heterocycles. The molecule has 0 bridgehead atoms. The first-order chi connectivity index (χ1) is 8.88. The van der Waals surface area contributed by atoms with Crippen molar-refractivity contribution in [3.63, 3.8) is 0 Å². The average Bonchev–Trinajstić information content (AvgIpc) is 2.27. The van der Waals surface area contributed by atoms with E-state index in [2.05, 4.69) is 15.6 Å². The fourth-order valence-corrected chi connectivity index (χ4v) is 1.34. The molecule has 0 saturated carbocycles. The Hall–Kier alpha value is -2.64. The van der Waals surface area contributed by atoms with E-state index in [9.17, 15) is 14.4 Å². The molecule has 3 amide bonds. The number of anilines is 1. The van der Waals surface area contributed by atoms with Crippen LogP contribution in [-0.4, -0.2) is 34.0 Å². The zero-order chi connectivity index (χ0) is 14.4. The van der Waals surface area contributed by atoms with E-state index in [1.54, 1.807) is 6.92 Å². The lowest BCUT2D eigenvalue weighted by Crippen LogP contribution is -2.38. The smallest absolute Gasteiger partial charge is 0.354 e. The van der Waals surface area contributed by atoms with Gasteiger partial charge in [0.15, 0.2) is 0 Å². The molecule has 0 fully saturated rings. The Balaban J connectivity index is 2.52. The van der Waals surface area contributed by atoms with Crippen molar-refractivity contribution in [2.75, 3.05) is 5.32 Å². The van der Waals surface area contributed by atoms with Gasteiger partial charge in [0, 0.05) is 12.5 Å². The number of hydrogen-bond donors (Lipinski definition) is 4. The van der Waals surface area contributed by atoms with Crippen LogP contribution < -0.4 is 16.4 Å². The third-order valence-corrected chi connectivity index (χ3v) is 2.13. The number of nitrogens with one attached hydrogen (secondary N) is 2. The molecule has 102 valence electrons. The van der Waals surface area contributed by atoms with Gasteiger partial charge < -0.3 is 21.5 Å². The van der Waals surface area contributed by atoms with E-state index >= 15 is 0 Å². The first-order valence-electron chi connectivity index (χ1n) is 5.43. The van der Waals surface area contributed by atoms with Gasteiger partial charge in [-0.15, -0.1) is 0 Å². The van der Waals surface area contributed by atoms with Crippen LogP contribution in [0.4, 0.5) is 10.5 Å². The van der Waals surface area contributed by atoms with E-state index in [1.165, 1.54) is 18.3 Å². The number of aromatic carboxylic acids is 1. The summed E-state index contributed by atoms with van der Waals surface area (Å²) in [5, 5.41) is 13.6. The van der Waals surface area contributed by atoms with Crippen molar-refractivity contribution in [2.45, 2.75) is 19.4 Å². The molecule has 1 aromatic heterocycles. The van der Waals surface area contributed by atoms with Crippen LogP contribution >= 0.6 is 0 Å². The highest BCUT2D eigenvalue weighted by Crippen LogP contribution is 2.06. The minimum absolute atomic E-state index is 0.0314. The number of rotatable bonds is 5. The summed E-state index contributed by atoms with van der Waals surface area (Å²) in [5.41, 5.74) is 5.21. The quantitative estimate of drug-likeness (QED) is 0.602. The molecule has 1 aromatic rings. The number of nitrogens with two attached hydrogens (primary N) is 1. The van der Waals surface area contributed by atoms with Crippen molar-refractivity contribution in [3.8, 4) is 0 Å². The lowest BCUT2D eigenvalue weighted by molar-refractivity contribution is -0.118. The maximum atomic E-state index is 11.5. The van der Waals surface area contributed by atoms with Crippen molar-refractivity contribution in [1.29, 1.82) is 0 Å². The molecular formula is C11H14N4O4. The number of carboxylic acid groups (broad SMARTS) is 1. The van der Waals surface area contributed by atoms with Gasteiger partial charge in [-0.2, -0.15) is 0 Å². The number of carbonyl (C=O) groups excluding carboxylic acids is 2. The molecule has 0 aliphatic rings. The molecule has 0 aromatic carbocycles. The zero-order valence-corrected chi connectivity index (χ0v) is 10.2. The highest BCUT2D eigenvalue weighted by molar-refractivity contribution is 5.90. The number of nitrogens with zero attached hydrogens (tertiary/aromatic N) is 1. The lowest BCUT2D eigenvalue weighted by Gasteiger charge is -2.12. The van der Waals surface area contributed by atoms with Crippen LogP contribution in [0.2, 0.25) is 0 Å². The molecule has 1 unspecified atom stereocenters. The number of urea groups is 1. The van der Waals surface area contributed by atoms with Gasteiger partial charge in [0.2, 0.25) is 5.91 Å². The highest BCUT2D eigenvalue weighted by atomic mass is 16.4. The standard InChI is InChI=1S/C11H14N4O4/c1-6(4-9(12)16)14-11(19)15-7-2-3-8(10(17)18)13-5-7/h2-3,5-6H,4H2,1H3,(H2,12,16)(H,17,18)(H2,14,15,19). The second-order valence-electron chi connectivity index (χ2n) is 3.91. The van der Waals surface area contributed by atoms with Crippen LogP contribution in [0.5, 0.6) is 0 Å². The molecule has 0 spiro atoms. The van der Waals surface area contributed by atoms with Gasteiger partial charge in [-0.1, -0.05) is 0 Å². The van der Waals surface area contributed by atoms with Crippen LogP contribution in [0.1, 0.15) is 23.8 Å². The average molecular weight is 266 g/mol. The lowest BCUT2D eigenvalue weighted by atomic mass is 10.2. The summed E-state index contributed by atoms with van der Waals surface area (Å²) in [6.07, 6.45) is 1.26. The van der Waals surface area contributed by atoms with E-state index in [4.69, 9.17) is 10.8 Å². The van der Waals surface area contributed by atoms with Gasteiger partial charge in [-0.25, -0.2) is 14.6 Å². The minimum atomic E-state index is -1.15. The fourth-order valence-electron chi connectivity index (χ4n) is 1.34. The number of amides is 3. The van der Waals surface area contributed by atoms with Crippen molar-refractivity contribution >= 4 is 23.6 Å². The summed E-state index contributed by atoms with van der Waals surface area (Å²) in [6.45, 7) is 1.64. The summed E-state index contributed by atoms with van der Waals surface area (Å²) < 4.78 is 0. The first-order valence-corrected chi connectivity index (χ1v) is 5.43. The van der Waals surface area contributed by atoms with E-state index in [-0.39, 0.29) is 12.1 Å². The van der Waals surface area contributed by atoms with Crippen molar-refractivity contribution in [2.24, 2.45) is 5.73 Å². The molecule has 0 aliphatic heterocycles. The highest BCUT2D eigenvalue weighted by Gasteiger charge is 2.10. The third kappa shape index (κ3) is 5.02. The molecule has 1 atom stereocenters. The van der Waals surface area contributed by atoms with Gasteiger partial charge in [-0.3, -0.25) is 4.79 Å². The van der Waals surface area contributed by atoms with E-state index < -0.39 is 23.9 Å². The monoisotopic (exact) mass is 266 g/mol. The molecular weight excluding hydrogens is 252 g/mol. The SMILES string of the molecule is CC(CC(N)=O)NC(=O)Nc1ccc(C(=O)O)nc1. The van der Waals surface area contributed by atoms with Crippen LogP contribution in [-0.2, 0) is 4.79 Å². The number of aromatic nitrogens is 1. The van der Waals surface area contributed by atoms with Crippen molar-refractivity contribution in [1.82, 2.24) is 10.3 Å². The van der Waals surface area contributed by atoms with E-state index in [1.807, 2.05) is 0 Å². The zero-order valence-electron chi connectivity index (χ0n) is 10.2. The predicted molar refractivity (Wildman–Crippen MR) is 66.6 cm³/mol. The molecule has 5 N–H and O–H groups in total. The van der Waals surface area contributed by atoms with E-state index in [0.29, 0.717) is 5.69 Å². The van der Waals surface area contributed by atoms with Crippen molar-refractivity contribution < 1.29 is 19.5 Å². The molecule has 0 saturated heterocycles. The summed E-state index contributed by atoms with van der Waals surface area (Å²) in [4.78, 5) is 36.4. The van der Waals surface area contributed by atoms with Gasteiger partial charge in [0.05, 0.1) is 11.9 Å². The Bertz CT molecular complexity index is 486. The molecule has 8 nitrogen and oxygen atoms in total. The number of pyridine rings is 1. The minimum Gasteiger partial charge on any atom is -0.477 e. The molecule has 1 rings (SSSR count). The largest absolute Gasteiger partial charge is 0.477 e. The normalized spacial score (nSPS) is 11.4. The Morgan fingerprint density at radius 3 is 2.58 bits per heavy atom. The number of carboxylic acids is 1. The molecule has 19 heavy (non-hydrogen) atoms. The van der Waals surface area contributed by atoms with Gasteiger partial charge in [-0.05, 0) is 19.1 Å². The Kier molecular flexibility index (Phi) is 4.81. The maximum Gasteiger partial charge on any atom is 0.354 e. The summed E-state index contributed by atoms with van der Waals surface area (Å²) in [5.74, 6) is -1.66. The molecule has 0 radical (unpaired) electrons. The first kappa shape index (κ1) is 14.4. The van der Waals surface area contributed by atoms with E-state index in [0.717, 1.165) is 0 Å². The topological polar surface area (TPSA) is 134 Å². The van der Waals surface area contributed by atoms with Gasteiger partial charge in [0.1, 0.15) is 5.69 Å². The van der Waals surface area contributed by atoms with Gasteiger partial charge in [0.25, 0.3) is 0 Å². The number of primary amides is 1. The maximum absolute atomic E-state index is 11.5. The Morgan fingerprint density at radius 1 is 1.42 bits per heavy atom. The Morgan fingerprint density at radius 2 is 2.11 bits per heavy atom. The summed E-state index contributed by atoms with van der Waals surface area (Å²) in [6, 6.07) is 1.75. The third-order valence-electron chi connectivity index (χ3n) is 2.13. The summed E-state index contributed by atoms with van der Waals surface area (Å²) >= 11 is 0. The van der Waals surface area contributed by atoms with Crippen LogP contribution in [0.3, 0.4) is 0 Å². The number of carbonyl (C=O) groups is 3. The molecule has 8 heteroatoms. The summed E-state index contributed by atoms with van der Waals surface area (Å²) in [7, 11) is 0. The van der Waals surface area contributed by atoms with Crippen LogP contribution in [0, 0.1) is 0 Å². The molecule has 0 aliphatic carbocycles. The fraction of sp³-hybridized carbons (Fsp3) is 0.273. The number of hydrogen-bond acceptors (Lipinski definition) is 4. The van der Waals surface area contributed by atoms with Crippen LogP contribution in [0.15, 0.2) is 18.3 Å². The van der Waals surface area contributed by atoms with Gasteiger partial charge >= 0.3 is 12.0 Å². The van der Waals surface area contributed by atoms with Crippen LogP contribution in [0.25, 0.3) is 0 Å². The van der Waals surface area contributed by atoms with Crippen molar-refractivity contribution in [3.05, 3.63) is 24.0 Å². The second kappa shape index (κ2) is 6.34. The Labute approximate surface area is 109 Å². The predicted octanol–water partition coefficient (Wildman–Crippen LogP) is 0.165.